The molecule has 0 spiro atoms. The highest BCUT2D eigenvalue weighted by Crippen LogP contribution is 2.34. The zero-order chi connectivity index (χ0) is 41.2. The van der Waals surface area contributed by atoms with Gasteiger partial charge in [0.1, 0.15) is 17.2 Å². The van der Waals surface area contributed by atoms with Crippen LogP contribution in [0.2, 0.25) is 0 Å². The molecule has 0 bridgehead atoms. The van der Waals surface area contributed by atoms with E-state index in [9.17, 15) is 26.4 Å². The lowest BCUT2D eigenvalue weighted by Gasteiger charge is -2.30. The highest BCUT2D eigenvalue weighted by Gasteiger charge is 2.23. The summed E-state index contributed by atoms with van der Waals surface area (Å²) >= 11 is 3.23. The van der Waals surface area contributed by atoms with Gasteiger partial charge in [0.2, 0.25) is 0 Å². The Balaban J connectivity index is 0.000000334. The summed E-state index contributed by atoms with van der Waals surface area (Å²) in [6, 6.07) is 8.88. The molecule has 2 aromatic rings. The molecule has 2 aliphatic rings. The van der Waals surface area contributed by atoms with Crippen molar-refractivity contribution < 1.29 is 53.7 Å². The fourth-order valence-corrected chi connectivity index (χ4v) is 5.92. The SMILES string of the molecule is C1COCCN1.CCN(CC)C(=O)Oc1ccc(OS(=O)(=O)N(C)C)cc1Br.CCN(CC)C(=O)Oc1ccc(OS(=O)(=O)N(C)C)cc1N1CCOCC1. The third kappa shape index (κ3) is 15.9. The predicted molar refractivity (Wildman–Crippen MR) is 212 cm³/mol. The Morgan fingerprint density at radius 2 is 1.11 bits per heavy atom. The monoisotopic (exact) mass is 882 g/mol. The van der Waals surface area contributed by atoms with Crippen LogP contribution in [0.15, 0.2) is 40.9 Å². The fraction of sp³-hybridized carbons (Fsp3) is 0.588. The van der Waals surface area contributed by atoms with E-state index in [0.717, 1.165) is 34.9 Å². The summed E-state index contributed by atoms with van der Waals surface area (Å²) in [7, 11) is -2.20. The van der Waals surface area contributed by atoms with Gasteiger partial charge in [-0.25, -0.2) is 9.59 Å². The summed E-state index contributed by atoms with van der Waals surface area (Å²) < 4.78 is 80.8. The molecule has 2 aromatic carbocycles. The van der Waals surface area contributed by atoms with Gasteiger partial charge in [-0.05, 0) is 74.0 Å². The lowest BCUT2D eigenvalue weighted by molar-refractivity contribution is 0.109. The molecule has 0 unspecified atom stereocenters. The van der Waals surface area contributed by atoms with Crippen molar-refractivity contribution in [2.24, 2.45) is 0 Å². The fourth-order valence-electron chi connectivity index (χ4n) is 4.49. The van der Waals surface area contributed by atoms with Gasteiger partial charge in [-0.2, -0.15) is 25.4 Å². The van der Waals surface area contributed by atoms with Gasteiger partial charge in [0.05, 0.1) is 36.6 Å². The molecular formula is C34H55BrN6O12S2. The van der Waals surface area contributed by atoms with Crippen molar-refractivity contribution in [3.8, 4) is 23.0 Å². The molecule has 2 heterocycles. The van der Waals surface area contributed by atoms with Crippen LogP contribution < -0.4 is 28.1 Å². The lowest BCUT2D eigenvalue weighted by atomic mass is 10.2. The minimum Gasteiger partial charge on any atom is -0.409 e. The van der Waals surface area contributed by atoms with Gasteiger partial charge in [-0.1, -0.05) is 0 Å². The standard InChI is InChI=1S/C17H27N3O6S.C13H19BrN2O5S.C4H9NO/c1-5-19(6-2)17(21)25-16-8-7-14(26-27(22,23)18(3)4)13-15(16)20-9-11-24-12-10-20;1-5-16(6-2)13(17)20-12-8-7-10(9-11(12)14)21-22(18,19)15(3)4;1-3-6-4-2-5-1/h7-8,13H,5-6,9-12H2,1-4H3;7-9H,5-6H2,1-4H3;5H,1-4H2. The number of amides is 2. The summed E-state index contributed by atoms with van der Waals surface area (Å²) in [5.74, 6) is 0.894. The minimum atomic E-state index is -3.88. The molecule has 21 heteroatoms. The summed E-state index contributed by atoms with van der Waals surface area (Å²) in [5.41, 5.74) is 0.588. The van der Waals surface area contributed by atoms with E-state index in [1.165, 1.54) is 57.4 Å². The Hall–Kier alpha value is -3.44. The van der Waals surface area contributed by atoms with Gasteiger partial charge in [0, 0.05) is 86.6 Å². The molecule has 2 amide bonds. The smallest absolute Gasteiger partial charge is 0.409 e. The van der Waals surface area contributed by atoms with Gasteiger partial charge in [-0.3, -0.25) is 0 Å². The second-order valence-electron chi connectivity index (χ2n) is 11.9. The summed E-state index contributed by atoms with van der Waals surface area (Å²) in [5, 5.41) is 3.16. The van der Waals surface area contributed by atoms with Crippen molar-refractivity contribution >= 4 is 54.4 Å². The second kappa shape index (κ2) is 23.6. The van der Waals surface area contributed by atoms with E-state index < -0.39 is 32.8 Å². The van der Waals surface area contributed by atoms with Crippen molar-refractivity contribution in [2.75, 3.05) is 112 Å². The van der Waals surface area contributed by atoms with Crippen LogP contribution in [-0.2, 0) is 30.1 Å². The van der Waals surface area contributed by atoms with E-state index in [1.54, 1.807) is 17.0 Å². The average Bonchev–Trinajstić information content (AvgIpc) is 3.15. The summed E-state index contributed by atoms with van der Waals surface area (Å²) in [4.78, 5) is 29.3. The number of ether oxygens (including phenoxy) is 4. The first-order valence-corrected chi connectivity index (χ1v) is 21.2. The van der Waals surface area contributed by atoms with E-state index in [1.807, 2.05) is 32.6 Å². The molecule has 18 nitrogen and oxygen atoms in total. The maximum atomic E-state index is 12.3. The number of hydrogen-bond acceptors (Lipinski definition) is 14. The molecule has 55 heavy (non-hydrogen) atoms. The van der Waals surface area contributed by atoms with E-state index in [0.29, 0.717) is 68.4 Å². The highest BCUT2D eigenvalue weighted by atomic mass is 79.9. The largest absolute Gasteiger partial charge is 0.415 e. The number of nitrogens with one attached hydrogen (secondary N) is 1. The maximum absolute atomic E-state index is 12.3. The number of anilines is 1. The van der Waals surface area contributed by atoms with E-state index in [-0.39, 0.29) is 17.2 Å². The first-order chi connectivity index (χ1) is 26.0. The normalized spacial score (nSPS) is 14.5. The summed E-state index contributed by atoms with van der Waals surface area (Å²) in [6.07, 6.45) is -0.927. The maximum Gasteiger partial charge on any atom is 0.415 e. The molecule has 0 radical (unpaired) electrons. The van der Waals surface area contributed by atoms with E-state index >= 15 is 0 Å². The predicted octanol–water partition coefficient (Wildman–Crippen LogP) is 3.63. The van der Waals surface area contributed by atoms with Crippen molar-refractivity contribution in [3.05, 3.63) is 40.9 Å². The van der Waals surface area contributed by atoms with Crippen LogP contribution in [0.25, 0.3) is 0 Å². The third-order valence-electron chi connectivity index (χ3n) is 7.77. The number of rotatable bonds is 13. The van der Waals surface area contributed by atoms with Gasteiger partial charge in [0.15, 0.2) is 5.75 Å². The molecule has 0 aromatic heterocycles. The van der Waals surface area contributed by atoms with Crippen LogP contribution in [-0.4, -0.2) is 154 Å². The van der Waals surface area contributed by atoms with Crippen molar-refractivity contribution in [1.82, 2.24) is 23.7 Å². The third-order valence-corrected chi connectivity index (χ3v) is 11.0. The first-order valence-electron chi connectivity index (χ1n) is 17.7. The zero-order valence-corrected chi connectivity index (χ0v) is 36.0. The average molecular weight is 884 g/mol. The number of halogens is 1. The zero-order valence-electron chi connectivity index (χ0n) is 32.8. The van der Waals surface area contributed by atoms with Gasteiger partial charge in [-0.15, -0.1) is 0 Å². The Bertz CT molecular complexity index is 1710. The van der Waals surface area contributed by atoms with Crippen LogP contribution in [0.3, 0.4) is 0 Å². The van der Waals surface area contributed by atoms with Crippen LogP contribution >= 0.6 is 15.9 Å². The molecule has 1 N–H and O–H groups in total. The Labute approximate surface area is 334 Å². The Morgan fingerprint density at radius 3 is 1.49 bits per heavy atom. The number of benzene rings is 2. The van der Waals surface area contributed by atoms with Crippen molar-refractivity contribution in [3.63, 3.8) is 0 Å². The number of nitrogens with zero attached hydrogens (tertiary/aromatic N) is 5. The molecular weight excluding hydrogens is 828 g/mol. The molecule has 0 atom stereocenters. The van der Waals surface area contributed by atoms with Gasteiger partial charge < -0.3 is 47.3 Å². The Morgan fingerprint density at radius 1 is 0.691 bits per heavy atom. The van der Waals surface area contributed by atoms with E-state index in [4.69, 9.17) is 27.3 Å². The highest BCUT2D eigenvalue weighted by molar-refractivity contribution is 9.10. The molecule has 2 saturated heterocycles. The molecule has 312 valence electrons. The van der Waals surface area contributed by atoms with Gasteiger partial charge in [0.25, 0.3) is 0 Å². The topological polar surface area (TPSA) is 186 Å². The van der Waals surface area contributed by atoms with Crippen LogP contribution in [0.4, 0.5) is 15.3 Å². The first kappa shape index (κ1) is 47.7. The van der Waals surface area contributed by atoms with E-state index in [2.05, 4.69) is 21.2 Å². The molecule has 0 aliphatic carbocycles. The summed E-state index contributed by atoms with van der Waals surface area (Å²) in [6.45, 7) is 15.7. The lowest BCUT2D eigenvalue weighted by Crippen LogP contribution is -2.37. The number of morpholine rings is 2. The minimum absolute atomic E-state index is 0.114. The molecule has 2 aliphatic heterocycles. The van der Waals surface area contributed by atoms with Crippen LogP contribution in [0.1, 0.15) is 27.7 Å². The van der Waals surface area contributed by atoms with Gasteiger partial charge >= 0.3 is 32.8 Å². The number of carbonyl (C=O) groups is 2. The molecule has 2 fully saturated rings. The van der Waals surface area contributed by atoms with Crippen molar-refractivity contribution in [2.45, 2.75) is 27.7 Å². The quantitative estimate of drug-likeness (QED) is 0.308. The van der Waals surface area contributed by atoms with Crippen LogP contribution in [0.5, 0.6) is 23.0 Å². The Kier molecular flexibility index (Phi) is 20.5. The number of hydrogen-bond donors (Lipinski definition) is 1. The van der Waals surface area contributed by atoms with Crippen molar-refractivity contribution in [1.29, 1.82) is 0 Å². The molecule has 4 rings (SSSR count). The number of carbonyl (C=O) groups excluding carboxylic acids is 2. The van der Waals surface area contributed by atoms with Crippen LogP contribution in [0, 0.1) is 0 Å². The molecule has 0 saturated carbocycles. The second-order valence-corrected chi connectivity index (χ2v) is 16.3.